The molecule has 0 aromatic heterocycles. The van der Waals surface area contributed by atoms with Crippen LogP contribution in [-0.4, -0.2) is 18.6 Å². The molecule has 1 fully saturated rings. The lowest BCUT2D eigenvalue weighted by Crippen LogP contribution is -2.16. The first-order chi connectivity index (χ1) is 7.88. The molecule has 2 heteroatoms. The second kappa shape index (κ2) is 9.30. The van der Waals surface area contributed by atoms with Crippen molar-refractivity contribution >= 4 is 11.6 Å². The third-order valence-electron chi connectivity index (χ3n) is 3.64. The maximum absolute atomic E-state index is 5.92. The maximum Gasteiger partial charge on any atom is 0.0615 e. The van der Waals surface area contributed by atoms with Gasteiger partial charge in [0.1, 0.15) is 0 Å². The van der Waals surface area contributed by atoms with Crippen molar-refractivity contribution in [3.05, 3.63) is 0 Å². The molecule has 0 saturated carbocycles. The topological polar surface area (TPSA) is 9.23 Å². The van der Waals surface area contributed by atoms with Crippen LogP contribution in [0.4, 0.5) is 0 Å². The molecule has 2 atom stereocenters. The van der Waals surface area contributed by atoms with E-state index in [0.29, 0.717) is 12.0 Å². The third kappa shape index (κ3) is 5.54. The highest BCUT2D eigenvalue weighted by Gasteiger charge is 2.26. The Morgan fingerprint density at radius 3 is 2.44 bits per heavy atom. The number of alkyl halides is 1. The van der Waals surface area contributed by atoms with Gasteiger partial charge >= 0.3 is 0 Å². The standard InChI is InChI=1S/C14H27ClO/c1-2-3-4-5-6-7-8-9-14-13(12-15)10-11-16-14/h13-14H,2-12H2,1H3. The van der Waals surface area contributed by atoms with Crippen molar-refractivity contribution in [2.24, 2.45) is 5.92 Å². The van der Waals surface area contributed by atoms with Crippen molar-refractivity contribution in [2.45, 2.75) is 70.8 Å². The second-order valence-electron chi connectivity index (χ2n) is 5.02. The molecule has 0 aromatic carbocycles. The van der Waals surface area contributed by atoms with Gasteiger partial charge in [0.05, 0.1) is 6.10 Å². The van der Waals surface area contributed by atoms with Gasteiger partial charge in [-0.15, -0.1) is 11.6 Å². The minimum absolute atomic E-state index is 0.466. The first kappa shape index (κ1) is 14.3. The summed E-state index contributed by atoms with van der Waals surface area (Å²) < 4.78 is 5.72. The van der Waals surface area contributed by atoms with Crippen LogP contribution in [0.2, 0.25) is 0 Å². The van der Waals surface area contributed by atoms with E-state index in [1.165, 1.54) is 57.8 Å². The predicted octanol–water partition coefficient (Wildman–Crippen LogP) is 4.77. The molecule has 1 rings (SSSR count). The van der Waals surface area contributed by atoms with E-state index in [2.05, 4.69) is 6.92 Å². The fourth-order valence-corrected chi connectivity index (χ4v) is 2.84. The van der Waals surface area contributed by atoms with Crippen LogP contribution < -0.4 is 0 Å². The number of ether oxygens (including phenoxy) is 1. The van der Waals surface area contributed by atoms with Gasteiger partial charge in [-0.2, -0.15) is 0 Å². The lowest BCUT2D eigenvalue weighted by molar-refractivity contribution is 0.0853. The fraction of sp³-hybridized carbons (Fsp3) is 1.00. The van der Waals surface area contributed by atoms with E-state index in [9.17, 15) is 0 Å². The van der Waals surface area contributed by atoms with Crippen LogP contribution in [0.25, 0.3) is 0 Å². The molecule has 0 amide bonds. The average molecular weight is 247 g/mol. The zero-order valence-corrected chi connectivity index (χ0v) is 11.5. The summed E-state index contributed by atoms with van der Waals surface area (Å²) in [5.74, 6) is 1.41. The van der Waals surface area contributed by atoms with E-state index in [0.717, 1.165) is 12.5 Å². The number of halogens is 1. The monoisotopic (exact) mass is 246 g/mol. The highest BCUT2D eigenvalue weighted by atomic mass is 35.5. The van der Waals surface area contributed by atoms with E-state index in [-0.39, 0.29) is 0 Å². The number of hydrogen-bond donors (Lipinski definition) is 0. The Morgan fingerprint density at radius 2 is 1.75 bits per heavy atom. The molecule has 1 heterocycles. The van der Waals surface area contributed by atoms with Crippen molar-refractivity contribution in [3.8, 4) is 0 Å². The van der Waals surface area contributed by atoms with E-state index >= 15 is 0 Å². The molecule has 2 unspecified atom stereocenters. The van der Waals surface area contributed by atoms with Gasteiger partial charge in [-0.25, -0.2) is 0 Å². The Morgan fingerprint density at radius 1 is 1.06 bits per heavy atom. The van der Waals surface area contributed by atoms with Crippen LogP contribution in [0, 0.1) is 5.92 Å². The largest absolute Gasteiger partial charge is 0.378 e. The zero-order chi connectivity index (χ0) is 11.6. The SMILES string of the molecule is CCCCCCCCCC1OCCC1CCl. The van der Waals surface area contributed by atoms with E-state index in [1.54, 1.807) is 0 Å². The zero-order valence-electron chi connectivity index (χ0n) is 10.7. The molecular weight excluding hydrogens is 220 g/mol. The van der Waals surface area contributed by atoms with Gasteiger partial charge in [0, 0.05) is 18.4 Å². The van der Waals surface area contributed by atoms with Gasteiger partial charge in [-0.05, 0) is 12.8 Å². The van der Waals surface area contributed by atoms with Crippen LogP contribution in [0.15, 0.2) is 0 Å². The molecule has 0 aliphatic carbocycles. The van der Waals surface area contributed by atoms with Crippen LogP contribution in [0.3, 0.4) is 0 Å². The molecule has 0 N–H and O–H groups in total. The molecule has 0 radical (unpaired) electrons. The Kier molecular flexibility index (Phi) is 8.32. The summed E-state index contributed by atoms with van der Waals surface area (Å²) in [4.78, 5) is 0. The normalized spacial score (nSPS) is 25.1. The summed E-state index contributed by atoms with van der Waals surface area (Å²) in [6, 6.07) is 0. The van der Waals surface area contributed by atoms with Crippen molar-refractivity contribution < 1.29 is 4.74 Å². The van der Waals surface area contributed by atoms with Crippen molar-refractivity contribution in [1.29, 1.82) is 0 Å². The third-order valence-corrected chi connectivity index (χ3v) is 4.03. The summed E-state index contributed by atoms with van der Waals surface area (Å²) in [6.45, 7) is 3.20. The summed E-state index contributed by atoms with van der Waals surface area (Å²) in [5.41, 5.74) is 0. The number of rotatable bonds is 9. The van der Waals surface area contributed by atoms with Crippen LogP contribution in [0.1, 0.15) is 64.7 Å². The first-order valence-electron chi connectivity index (χ1n) is 7.06. The van der Waals surface area contributed by atoms with Crippen molar-refractivity contribution in [2.75, 3.05) is 12.5 Å². The van der Waals surface area contributed by atoms with Gasteiger partial charge in [0.25, 0.3) is 0 Å². The smallest absolute Gasteiger partial charge is 0.0615 e. The molecule has 0 bridgehead atoms. The van der Waals surface area contributed by atoms with Gasteiger partial charge in [0.15, 0.2) is 0 Å². The highest BCUT2D eigenvalue weighted by molar-refractivity contribution is 6.18. The number of unbranched alkanes of at least 4 members (excludes halogenated alkanes) is 6. The van der Waals surface area contributed by atoms with E-state index in [4.69, 9.17) is 16.3 Å². The maximum atomic E-state index is 5.92. The summed E-state index contributed by atoms with van der Waals surface area (Å²) in [6.07, 6.45) is 12.5. The Hall–Kier alpha value is 0.250. The van der Waals surface area contributed by atoms with Crippen molar-refractivity contribution in [3.63, 3.8) is 0 Å². The Balaban J connectivity index is 1.90. The molecule has 0 spiro atoms. The minimum atomic E-state index is 0.466. The van der Waals surface area contributed by atoms with Crippen LogP contribution in [-0.2, 0) is 4.74 Å². The summed E-state index contributed by atoms with van der Waals surface area (Å²) in [5, 5.41) is 0. The lowest BCUT2D eigenvalue weighted by atomic mass is 9.98. The molecular formula is C14H27ClO. The first-order valence-corrected chi connectivity index (χ1v) is 7.59. The molecule has 0 aromatic rings. The van der Waals surface area contributed by atoms with Crippen LogP contribution in [0.5, 0.6) is 0 Å². The number of hydrogen-bond acceptors (Lipinski definition) is 1. The molecule has 96 valence electrons. The van der Waals surface area contributed by atoms with Crippen LogP contribution >= 0.6 is 11.6 Å². The van der Waals surface area contributed by atoms with Crippen molar-refractivity contribution in [1.82, 2.24) is 0 Å². The van der Waals surface area contributed by atoms with Gasteiger partial charge in [-0.3, -0.25) is 0 Å². The minimum Gasteiger partial charge on any atom is -0.378 e. The quantitative estimate of drug-likeness (QED) is 0.421. The summed E-state index contributed by atoms with van der Waals surface area (Å²) >= 11 is 5.92. The van der Waals surface area contributed by atoms with Gasteiger partial charge in [-0.1, -0.05) is 51.9 Å². The highest BCUT2D eigenvalue weighted by Crippen LogP contribution is 2.26. The molecule has 1 aliphatic rings. The Bertz CT molecular complexity index is 161. The van der Waals surface area contributed by atoms with E-state index in [1.807, 2.05) is 0 Å². The molecule has 1 saturated heterocycles. The molecule has 1 nitrogen and oxygen atoms in total. The average Bonchev–Trinajstić information content (AvgIpc) is 2.75. The van der Waals surface area contributed by atoms with E-state index < -0.39 is 0 Å². The predicted molar refractivity (Wildman–Crippen MR) is 71.2 cm³/mol. The summed E-state index contributed by atoms with van der Waals surface area (Å²) in [7, 11) is 0. The fourth-order valence-electron chi connectivity index (χ4n) is 2.49. The molecule has 16 heavy (non-hydrogen) atoms. The lowest BCUT2D eigenvalue weighted by Gasteiger charge is -2.15. The van der Waals surface area contributed by atoms with Gasteiger partial charge < -0.3 is 4.74 Å². The molecule has 1 aliphatic heterocycles. The second-order valence-corrected chi connectivity index (χ2v) is 5.33. The Labute approximate surface area is 106 Å². The van der Waals surface area contributed by atoms with Gasteiger partial charge in [0.2, 0.25) is 0 Å².